The van der Waals surface area contributed by atoms with E-state index in [9.17, 15) is 13.2 Å². The Morgan fingerprint density at radius 1 is 1.38 bits per heavy atom. The van der Waals surface area contributed by atoms with Gasteiger partial charge in [-0.3, -0.25) is 11.3 Å². The number of rotatable bonds is 8. The monoisotopic (exact) mass is 326 g/mol. The number of hydrogen-bond acceptors (Lipinski definition) is 4. The predicted molar refractivity (Wildman–Crippen MR) is 74.3 cm³/mol. The molecule has 1 aromatic carbocycles. The van der Waals surface area contributed by atoms with Crippen LogP contribution in [0.1, 0.15) is 12.0 Å². The van der Waals surface area contributed by atoms with Gasteiger partial charge in [-0.15, -0.1) is 0 Å². The summed E-state index contributed by atoms with van der Waals surface area (Å²) in [6.45, 7) is -1.30. The standard InChI is InChI=1S/C13H18ClF3N2O2/c1-20-12-3-2-10(14)6-9(12)7-11(19-18)4-5-21-8-13(15,16)17/h2-3,6,11,19H,4-5,7-8,18H2,1H3. The molecule has 0 aliphatic carbocycles. The zero-order valence-electron chi connectivity index (χ0n) is 11.5. The first-order chi connectivity index (χ1) is 9.85. The van der Waals surface area contributed by atoms with Crippen molar-refractivity contribution in [2.75, 3.05) is 20.3 Å². The highest BCUT2D eigenvalue weighted by Crippen LogP contribution is 2.24. The van der Waals surface area contributed by atoms with Crippen LogP contribution >= 0.6 is 11.6 Å². The molecule has 0 fully saturated rings. The van der Waals surface area contributed by atoms with Gasteiger partial charge in [0.2, 0.25) is 0 Å². The van der Waals surface area contributed by atoms with E-state index in [4.69, 9.17) is 22.2 Å². The molecule has 0 aromatic heterocycles. The number of halogens is 4. The molecule has 1 aromatic rings. The normalized spacial score (nSPS) is 13.2. The summed E-state index contributed by atoms with van der Waals surface area (Å²) in [7, 11) is 1.53. The second-order valence-electron chi connectivity index (χ2n) is 4.48. The van der Waals surface area contributed by atoms with E-state index >= 15 is 0 Å². The minimum absolute atomic E-state index is 0.0444. The van der Waals surface area contributed by atoms with E-state index < -0.39 is 12.8 Å². The van der Waals surface area contributed by atoms with Gasteiger partial charge >= 0.3 is 6.18 Å². The predicted octanol–water partition coefficient (Wildman–Crippen LogP) is 2.69. The average molecular weight is 327 g/mol. The largest absolute Gasteiger partial charge is 0.496 e. The Morgan fingerprint density at radius 3 is 2.67 bits per heavy atom. The van der Waals surface area contributed by atoms with Crippen LogP contribution in [-0.2, 0) is 11.2 Å². The van der Waals surface area contributed by atoms with Crippen molar-refractivity contribution in [1.82, 2.24) is 5.43 Å². The lowest BCUT2D eigenvalue weighted by atomic mass is 10.0. The Hall–Kier alpha value is -1.02. The Labute approximate surface area is 126 Å². The van der Waals surface area contributed by atoms with Crippen LogP contribution < -0.4 is 16.0 Å². The first-order valence-corrected chi connectivity index (χ1v) is 6.66. The maximum atomic E-state index is 12.0. The molecule has 0 aliphatic heterocycles. The van der Waals surface area contributed by atoms with Crippen LogP contribution in [0.25, 0.3) is 0 Å². The van der Waals surface area contributed by atoms with Crippen LogP contribution in [0, 0.1) is 0 Å². The molecule has 1 unspecified atom stereocenters. The van der Waals surface area contributed by atoms with E-state index in [1.54, 1.807) is 18.2 Å². The summed E-state index contributed by atoms with van der Waals surface area (Å²) in [5.74, 6) is 6.07. The summed E-state index contributed by atoms with van der Waals surface area (Å²) in [5.41, 5.74) is 3.38. The molecule has 1 rings (SSSR count). The zero-order chi connectivity index (χ0) is 15.9. The van der Waals surface area contributed by atoms with Gasteiger partial charge in [-0.2, -0.15) is 13.2 Å². The molecule has 1 atom stereocenters. The first-order valence-electron chi connectivity index (χ1n) is 6.28. The third-order valence-electron chi connectivity index (χ3n) is 2.82. The van der Waals surface area contributed by atoms with Gasteiger partial charge < -0.3 is 9.47 Å². The van der Waals surface area contributed by atoms with Crippen molar-refractivity contribution in [3.05, 3.63) is 28.8 Å². The van der Waals surface area contributed by atoms with Crippen molar-refractivity contribution in [3.8, 4) is 5.75 Å². The lowest BCUT2D eigenvalue weighted by Gasteiger charge is -2.18. The SMILES string of the molecule is COc1ccc(Cl)cc1CC(CCOCC(F)(F)F)NN. The fraction of sp³-hybridized carbons (Fsp3) is 0.538. The quantitative estimate of drug-likeness (QED) is 0.438. The summed E-state index contributed by atoms with van der Waals surface area (Å²) in [4.78, 5) is 0. The molecule has 0 radical (unpaired) electrons. The molecule has 8 heteroatoms. The minimum atomic E-state index is -4.32. The van der Waals surface area contributed by atoms with Crippen LogP contribution in [0.5, 0.6) is 5.75 Å². The van der Waals surface area contributed by atoms with Crippen LogP contribution in [0.15, 0.2) is 18.2 Å². The van der Waals surface area contributed by atoms with Gasteiger partial charge in [-0.25, -0.2) is 0 Å². The number of hydrazine groups is 1. The van der Waals surface area contributed by atoms with Crippen molar-refractivity contribution < 1.29 is 22.6 Å². The van der Waals surface area contributed by atoms with Gasteiger partial charge in [0.1, 0.15) is 12.4 Å². The Morgan fingerprint density at radius 2 is 2.10 bits per heavy atom. The highest BCUT2D eigenvalue weighted by molar-refractivity contribution is 6.30. The summed E-state index contributed by atoms with van der Waals surface area (Å²) in [6, 6.07) is 4.92. The maximum Gasteiger partial charge on any atom is 0.411 e. The lowest BCUT2D eigenvalue weighted by Crippen LogP contribution is -2.38. The van der Waals surface area contributed by atoms with Crippen molar-refractivity contribution >= 4 is 11.6 Å². The third-order valence-corrected chi connectivity index (χ3v) is 3.06. The maximum absolute atomic E-state index is 12.0. The molecular formula is C13H18ClF3N2O2. The number of nitrogens with one attached hydrogen (secondary N) is 1. The van der Waals surface area contributed by atoms with E-state index in [-0.39, 0.29) is 12.6 Å². The number of nitrogens with two attached hydrogens (primary N) is 1. The number of alkyl halides is 3. The van der Waals surface area contributed by atoms with E-state index in [0.717, 1.165) is 5.56 Å². The first kappa shape index (κ1) is 18.0. The highest BCUT2D eigenvalue weighted by Gasteiger charge is 2.27. The summed E-state index contributed by atoms with van der Waals surface area (Å²) in [6.07, 6.45) is -3.51. The molecule has 3 N–H and O–H groups in total. The lowest BCUT2D eigenvalue weighted by molar-refractivity contribution is -0.174. The van der Waals surface area contributed by atoms with Gasteiger partial charge in [0.25, 0.3) is 0 Å². The van der Waals surface area contributed by atoms with E-state index in [0.29, 0.717) is 23.6 Å². The molecule has 0 spiro atoms. The van der Waals surface area contributed by atoms with Crippen molar-refractivity contribution in [3.63, 3.8) is 0 Å². The summed E-state index contributed by atoms with van der Waals surface area (Å²) < 4.78 is 45.6. The molecule has 0 bridgehead atoms. The fourth-order valence-corrected chi connectivity index (χ4v) is 2.02. The van der Waals surface area contributed by atoms with Crippen molar-refractivity contribution in [2.45, 2.75) is 25.1 Å². The second-order valence-corrected chi connectivity index (χ2v) is 4.92. The smallest absolute Gasteiger partial charge is 0.411 e. The fourth-order valence-electron chi connectivity index (χ4n) is 1.83. The van der Waals surface area contributed by atoms with Crippen molar-refractivity contribution in [2.24, 2.45) is 5.84 Å². The average Bonchev–Trinajstić information content (AvgIpc) is 2.41. The molecule has 0 amide bonds. The molecule has 0 saturated carbocycles. The van der Waals surface area contributed by atoms with E-state index in [1.807, 2.05) is 0 Å². The van der Waals surface area contributed by atoms with E-state index in [2.05, 4.69) is 10.2 Å². The molecule has 0 heterocycles. The minimum Gasteiger partial charge on any atom is -0.496 e. The molecule has 0 aliphatic rings. The highest BCUT2D eigenvalue weighted by atomic mass is 35.5. The van der Waals surface area contributed by atoms with Gasteiger partial charge in [0.05, 0.1) is 7.11 Å². The zero-order valence-corrected chi connectivity index (χ0v) is 12.3. The summed E-state index contributed by atoms with van der Waals surface area (Å²) in [5, 5.41) is 0.551. The molecule has 0 saturated heterocycles. The van der Waals surface area contributed by atoms with Gasteiger partial charge in [-0.05, 0) is 36.6 Å². The van der Waals surface area contributed by atoms with E-state index in [1.165, 1.54) is 7.11 Å². The van der Waals surface area contributed by atoms with Crippen molar-refractivity contribution in [1.29, 1.82) is 0 Å². The molecular weight excluding hydrogens is 309 g/mol. The number of ether oxygens (including phenoxy) is 2. The van der Waals surface area contributed by atoms with Gasteiger partial charge in [0.15, 0.2) is 0 Å². The number of methoxy groups -OCH3 is 1. The van der Waals surface area contributed by atoms with Gasteiger partial charge in [-0.1, -0.05) is 11.6 Å². The molecule has 21 heavy (non-hydrogen) atoms. The number of hydrogen-bond donors (Lipinski definition) is 2. The third kappa shape index (κ3) is 6.99. The molecule has 120 valence electrons. The molecule has 4 nitrogen and oxygen atoms in total. The van der Waals surface area contributed by atoms with Crippen LogP contribution in [0.3, 0.4) is 0 Å². The summed E-state index contributed by atoms with van der Waals surface area (Å²) >= 11 is 5.92. The number of benzene rings is 1. The van der Waals surface area contributed by atoms with Crippen LogP contribution in [0.4, 0.5) is 13.2 Å². The van der Waals surface area contributed by atoms with Gasteiger partial charge in [0, 0.05) is 17.7 Å². The Bertz CT molecular complexity index is 444. The van der Waals surface area contributed by atoms with Crippen LogP contribution in [0.2, 0.25) is 5.02 Å². The Balaban J connectivity index is 2.52. The topological polar surface area (TPSA) is 56.5 Å². The second kappa shape index (κ2) is 8.43. The Kier molecular flexibility index (Phi) is 7.24. The van der Waals surface area contributed by atoms with Crippen LogP contribution in [-0.4, -0.2) is 32.5 Å².